The van der Waals surface area contributed by atoms with Gasteiger partial charge in [0.05, 0.1) is 12.2 Å². The van der Waals surface area contributed by atoms with Gasteiger partial charge in [-0.3, -0.25) is 4.79 Å². The third-order valence-corrected chi connectivity index (χ3v) is 4.47. The Labute approximate surface area is 164 Å². The van der Waals surface area contributed by atoms with Gasteiger partial charge in [-0.15, -0.1) is 0 Å². The van der Waals surface area contributed by atoms with E-state index < -0.39 is 47.7 Å². The highest BCUT2D eigenvalue weighted by atomic mass is 35.5. The van der Waals surface area contributed by atoms with Crippen LogP contribution in [0.15, 0.2) is 18.2 Å². The maximum atomic E-state index is 15.1. The summed E-state index contributed by atoms with van der Waals surface area (Å²) < 4.78 is 74.4. The molecular weight excluding hydrogens is 403 g/mol. The van der Waals surface area contributed by atoms with E-state index in [-0.39, 0.29) is 17.7 Å². The molecule has 0 aliphatic rings. The smallest absolute Gasteiger partial charge is 0.419 e. The van der Waals surface area contributed by atoms with E-state index in [4.69, 9.17) is 11.6 Å². The van der Waals surface area contributed by atoms with Gasteiger partial charge in [0.15, 0.2) is 0 Å². The summed E-state index contributed by atoms with van der Waals surface area (Å²) in [4.78, 5) is 11.5. The van der Waals surface area contributed by atoms with Crippen molar-refractivity contribution < 1.29 is 31.5 Å². The zero-order chi connectivity index (χ0) is 21.2. The molecule has 0 radical (unpaired) electrons. The molecule has 0 bridgehead atoms. The third kappa shape index (κ3) is 4.63. The summed E-state index contributed by atoms with van der Waals surface area (Å²) in [5.41, 5.74) is -1.69. The van der Waals surface area contributed by atoms with Gasteiger partial charge < -0.3 is 4.74 Å². The third-order valence-electron chi connectivity index (χ3n) is 4.25. The second kappa shape index (κ2) is 8.47. The summed E-state index contributed by atoms with van der Waals surface area (Å²) in [6, 6.07) is 3.43. The molecule has 0 atom stereocenters. The van der Waals surface area contributed by atoms with E-state index >= 15 is 4.39 Å². The monoisotopic (exact) mass is 420 g/mol. The van der Waals surface area contributed by atoms with Crippen LogP contribution in [-0.2, 0) is 22.1 Å². The Morgan fingerprint density at radius 1 is 1.07 bits per heavy atom. The van der Waals surface area contributed by atoms with Gasteiger partial charge in [-0.2, -0.15) is 13.2 Å². The lowest BCUT2D eigenvalue weighted by Gasteiger charge is -2.18. The molecule has 0 heterocycles. The van der Waals surface area contributed by atoms with E-state index in [0.717, 1.165) is 0 Å². The van der Waals surface area contributed by atoms with Crippen LogP contribution in [0.4, 0.5) is 22.0 Å². The van der Waals surface area contributed by atoms with Crippen molar-refractivity contribution in [2.75, 3.05) is 6.61 Å². The van der Waals surface area contributed by atoms with Crippen molar-refractivity contribution in [1.29, 1.82) is 0 Å². The van der Waals surface area contributed by atoms with Gasteiger partial charge in [-0.1, -0.05) is 11.6 Å². The summed E-state index contributed by atoms with van der Waals surface area (Å²) in [5, 5.41) is 0.347. The number of esters is 1. The number of rotatable bonds is 5. The number of carbonyl (C=O) groups excluding carboxylic acids is 1. The van der Waals surface area contributed by atoms with E-state index in [1.165, 1.54) is 12.1 Å². The van der Waals surface area contributed by atoms with E-state index in [9.17, 15) is 22.4 Å². The van der Waals surface area contributed by atoms with Gasteiger partial charge in [0, 0.05) is 22.6 Å². The van der Waals surface area contributed by atoms with E-state index in [2.05, 4.69) is 4.74 Å². The Morgan fingerprint density at radius 2 is 1.64 bits per heavy atom. The van der Waals surface area contributed by atoms with Crippen LogP contribution >= 0.6 is 11.6 Å². The van der Waals surface area contributed by atoms with Crippen molar-refractivity contribution >= 4 is 17.6 Å². The van der Waals surface area contributed by atoms with Crippen LogP contribution < -0.4 is 0 Å². The first-order valence-corrected chi connectivity index (χ1v) is 8.86. The van der Waals surface area contributed by atoms with Crippen molar-refractivity contribution in [3.63, 3.8) is 0 Å². The molecule has 0 fully saturated rings. The standard InChI is InChI=1S/C20H18ClF5O2/c1-4-28-16(27)6-5-13-18(22)14(9-15(19(13)23)20(24,25)26)17-10(2)7-12(21)8-11(17)3/h7-9H,4-6H2,1-3H3. The Bertz CT molecular complexity index is 883. The number of alkyl halides is 3. The lowest BCUT2D eigenvalue weighted by molar-refractivity contribution is -0.143. The Balaban J connectivity index is 2.70. The topological polar surface area (TPSA) is 26.3 Å². The molecule has 2 aromatic rings. The first kappa shape index (κ1) is 22.1. The summed E-state index contributed by atoms with van der Waals surface area (Å²) in [5.74, 6) is -3.61. The zero-order valence-electron chi connectivity index (χ0n) is 15.4. The van der Waals surface area contributed by atoms with Crippen LogP contribution in [0.5, 0.6) is 0 Å². The summed E-state index contributed by atoms with van der Waals surface area (Å²) in [6.45, 7) is 4.75. The minimum absolute atomic E-state index is 0.0564. The molecule has 0 aliphatic heterocycles. The van der Waals surface area contributed by atoms with Crippen LogP contribution in [-0.4, -0.2) is 12.6 Å². The van der Waals surface area contributed by atoms with Crippen molar-refractivity contribution in [2.24, 2.45) is 0 Å². The fraction of sp³-hybridized carbons (Fsp3) is 0.350. The maximum absolute atomic E-state index is 15.1. The Morgan fingerprint density at radius 3 is 2.14 bits per heavy atom. The first-order chi connectivity index (χ1) is 13.0. The molecule has 0 aromatic heterocycles. The molecule has 0 amide bonds. The van der Waals surface area contributed by atoms with Crippen LogP contribution in [0.1, 0.15) is 35.6 Å². The highest BCUT2D eigenvalue weighted by Crippen LogP contribution is 2.40. The second-order valence-corrected chi connectivity index (χ2v) is 6.73. The molecule has 28 heavy (non-hydrogen) atoms. The molecule has 0 spiro atoms. The van der Waals surface area contributed by atoms with Gasteiger partial charge in [0.2, 0.25) is 0 Å². The van der Waals surface area contributed by atoms with Crippen molar-refractivity contribution in [3.8, 4) is 11.1 Å². The number of hydrogen-bond donors (Lipinski definition) is 0. The number of aryl methyl sites for hydroxylation is 2. The molecule has 2 aromatic carbocycles. The summed E-state index contributed by atoms with van der Waals surface area (Å²) in [7, 11) is 0. The zero-order valence-corrected chi connectivity index (χ0v) is 16.2. The average molecular weight is 421 g/mol. The van der Waals surface area contributed by atoms with Gasteiger partial charge in [0.25, 0.3) is 0 Å². The van der Waals surface area contributed by atoms with Gasteiger partial charge >= 0.3 is 12.1 Å². The average Bonchev–Trinajstić information content (AvgIpc) is 2.54. The normalized spacial score (nSPS) is 11.6. The number of ether oxygens (including phenoxy) is 1. The summed E-state index contributed by atoms with van der Waals surface area (Å²) >= 11 is 5.94. The Kier molecular flexibility index (Phi) is 6.70. The first-order valence-electron chi connectivity index (χ1n) is 8.48. The molecule has 0 saturated heterocycles. The van der Waals surface area contributed by atoms with E-state index in [1.807, 2.05) is 0 Å². The molecule has 2 nitrogen and oxygen atoms in total. The highest BCUT2D eigenvalue weighted by Gasteiger charge is 2.37. The number of halogens is 6. The lowest BCUT2D eigenvalue weighted by Crippen LogP contribution is -2.14. The van der Waals surface area contributed by atoms with Crippen LogP contribution in [0.3, 0.4) is 0 Å². The molecule has 0 N–H and O–H groups in total. The van der Waals surface area contributed by atoms with Gasteiger partial charge in [-0.25, -0.2) is 8.78 Å². The number of hydrogen-bond acceptors (Lipinski definition) is 2. The Hall–Kier alpha value is -2.15. The minimum Gasteiger partial charge on any atom is -0.466 e. The SMILES string of the molecule is CCOC(=O)CCc1c(F)c(-c2c(C)cc(Cl)cc2C)cc(C(F)(F)F)c1F. The fourth-order valence-corrected chi connectivity index (χ4v) is 3.42. The van der Waals surface area contributed by atoms with Crippen molar-refractivity contribution in [3.05, 3.63) is 57.1 Å². The quantitative estimate of drug-likeness (QED) is 0.412. The summed E-state index contributed by atoms with van der Waals surface area (Å²) in [6.07, 6.45) is -6.03. The van der Waals surface area contributed by atoms with E-state index in [1.54, 1.807) is 20.8 Å². The van der Waals surface area contributed by atoms with Gasteiger partial charge in [0.1, 0.15) is 11.6 Å². The highest BCUT2D eigenvalue weighted by molar-refractivity contribution is 6.30. The van der Waals surface area contributed by atoms with Crippen LogP contribution in [0, 0.1) is 25.5 Å². The molecular formula is C20H18ClF5O2. The number of carbonyl (C=O) groups is 1. The largest absolute Gasteiger partial charge is 0.466 e. The van der Waals surface area contributed by atoms with E-state index in [0.29, 0.717) is 22.2 Å². The molecule has 0 saturated carbocycles. The minimum atomic E-state index is -5.03. The second-order valence-electron chi connectivity index (χ2n) is 6.30. The fourth-order valence-electron chi connectivity index (χ4n) is 3.10. The van der Waals surface area contributed by atoms with Crippen molar-refractivity contribution in [1.82, 2.24) is 0 Å². The molecule has 2 rings (SSSR count). The predicted octanol–water partition coefficient (Wildman–Crippen LogP) is 6.42. The molecule has 152 valence electrons. The molecule has 0 unspecified atom stereocenters. The predicted molar refractivity (Wildman–Crippen MR) is 96.2 cm³/mol. The number of benzene rings is 2. The molecule has 8 heteroatoms. The van der Waals surface area contributed by atoms with Gasteiger partial charge in [-0.05, 0) is 62.1 Å². The lowest BCUT2D eigenvalue weighted by atomic mass is 9.90. The van der Waals surface area contributed by atoms with Crippen LogP contribution in [0.2, 0.25) is 5.02 Å². The van der Waals surface area contributed by atoms with Crippen LogP contribution in [0.25, 0.3) is 11.1 Å². The maximum Gasteiger partial charge on any atom is 0.419 e. The molecule has 0 aliphatic carbocycles. The van der Waals surface area contributed by atoms with Crippen molar-refractivity contribution in [2.45, 2.75) is 39.8 Å².